The molecule has 0 unspecified atom stereocenters. The van der Waals surface area contributed by atoms with Gasteiger partial charge in [-0.15, -0.1) is 0 Å². The van der Waals surface area contributed by atoms with Gasteiger partial charge in [0, 0.05) is 13.6 Å². The molecule has 0 atom stereocenters. The van der Waals surface area contributed by atoms with Crippen molar-refractivity contribution >= 4 is 12.0 Å². The Hall–Kier alpha value is -1.30. The fourth-order valence-corrected chi connectivity index (χ4v) is 2.87. The van der Waals surface area contributed by atoms with Crippen molar-refractivity contribution in [3.05, 3.63) is 0 Å². The number of urea groups is 1. The van der Waals surface area contributed by atoms with Crippen LogP contribution >= 0.6 is 0 Å². The number of rotatable bonds is 7. The van der Waals surface area contributed by atoms with E-state index in [2.05, 4.69) is 17.6 Å². The third-order valence-electron chi connectivity index (χ3n) is 4.56. The van der Waals surface area contributed by atoms with Crippen molar-refractivity contribution in [3.8, 4) is 0 Å². The predicted octanol–water partition coefficient (Wildman–Crippen LogP) is 1.66. The van der Waals surface area contributed by atoms with Crippen LogP contribution in [-0.4, -0.2) is 54.7 Å². The van der Waals surface area contributed by atoms with Crippen LogP contribution in [0.3, 0.4) is 0 Å². The lowest BCUT2D eigenvalue weighted by Gasteiger charge is -2.38. The fraction of sp³-hybridized carbons (Fsp3) is 0.867. The zero-order valence-electron chi connectivity index (χ0n) is 13.4. The molecule has 0 aliphatic heterocycles. The number of amides is 2. The van der Waals surface area contributed by atoms with Gasteiger partial charge in [0.1, 0.15) is 5.54 Å². The molecule has 1 aliphatic rings. The standard InChI is InChI=1S/C15H29N3O3/c1-4-12-6-8-15(9-7-12,13(19)20)17-14(21)18(3)11-5-10-16-2/h12,16H,4-11H2,1-3H3,(H,17,21)(H,19,20). The van der Waals surface area contributed by atoms with Gasteiger partial charge >= 0.3 is 12.0 Å². The van der Waals surface area contributed by atoms with Gasteiger partial charge in [0.25, 0.3) is 0 Å². The number of carboxylic acid groups (broad SMARTS) is 1. The number of carbonyl (C=O) groups excluding carboxylic acids is 1. The molecule has 0 bridgehead atoms. The fourth-order valence-electron chi connectivity index (χ4n) is 2.87. The van der Waals surface area contributed by atoms with Crippen molar-refractivity contribution in [2.24, 2.45) is 5.92 Å². The Morgan fingerprint density at radius 3 is 2.43 bits per heavy atom. The van der Waals surface area contributed by atoms with E-state index >= 15 is 0 Å². The predicted molar refractivity (Wildman–Crippen MR) is 82.3 cm³/mol. The molecule has 1 rings (SSSR count). The summed E-state index contributed by atoms with van der Waals surface area (Å²) in [6.07, 6.45) is 4.71. The molecule has 0 heterocycles. The van der Waals surface area contributed by atoms with Crippen LogP contribution in [0.25, 0.3) is 0 Å². The van der Waals surface area contributed by atoms with Gasteiger partial charge in [-0.05, 0) is 51.6 Å². The lowest BCUT2D eigenvalue weighted by molar-refractivity contribution is -0.146. The van der Waals surface area contributed by atoms with Gasteiger partial charge in [0.15, 0.2) is 0 Å². The first-order chi connectivity index (χ1) is 9.95. The van der Waals surface area contributed by atoms with E-state index in [9.17, 15) is 14.7 Å². The van der Waals surface area contributed by atoms with Gasteiger partial charge < -0.3 is 20.6 Å². The Morgan fingerprint density at radius 1 is 1.33 bits per heavy atom. The molecule has 21 heavy (non-hydrogen) atoms. The Morgan fingerprint density at radius 2 is 1.95 bits per heavy atom. The Bertz CT molecular complexity index is 352. The second-order valence-electron chi connectivity index (χ2n) is 6.05. The van der Waals surface area contributed by atoms with Gasteiger partial charge in [0.05, 0.1) is 0 Å². The molecule has 0 radical (unpaired) electrons. The molecular formula is C15H29N3O3. The van der Waals surface area contributed by atoms with Crippen molar-refractivity contribution in [1.82, 2.24) is 15.5 Å². The third kappa shape index (κ3) is 4.88. The van der Waals surface area contributed by atoms with E-state index in [1.165, 1.54) is 0 Å². The first-order valence-corrected chi connectivity index (χ1v) is 7.86. The van der Waals surface area contributed by atoms with Gasteiger partial charge in [-0.1, -0.05) is 13.3 Å². The number of aliphatic carboxylic acids is 1. The average Bonchev–Trinajstić information content (AvgIpc) is 2.47. The molecule has 0 aromatic heterocycles. The second kappa shape index (κ2) is 8.22. The molecule has 0 saturated heterocycles. The lowest BCUT2D eigenvalue weighted by atomic mass is 9.75. The quantitative estimate of drug-likeness (QED) is 0.624. The van der Waals surface area contributed by atoms with Crippen LogP contribution < -0.4 is 10.6 Å². The summed E-state index contributed by atoms with van der Waals surface area (Å²) >= 11 is 0. The van der Waals surface area contributed by atoms with Crippen molar-refractivity contribution in [2.45, 2.75) is 51.0 Å². The summed E-state index contributed by atoms with van der Waals surface area (Å²) in [7, 11) is 3.57. The number of hydrogen-bond donors (Lipinski definition) is 3. The molecule has 0 spiro atoms. The van der Waals surface area contributed by atoms with E-state index in [-0.39, 0.29) is 6.03 Å². The third-order valence-corrected chi connectivity index (χ3v) is 4.56. The van der Waals surface area contributed by atoms with Crippen LogP contribution in [0.5, 0.6) is 0 Å². The minimum Gasteiger partial charge on any atom is -0.480 e. The summed E-state index contributed by atoms with van der Waals surface area (Å²) in [5.74, 6) is -0.322. The molecule has 1 fully saturated rings. The maximum absolute atomic E-state index is 12.2. The highest BCUT2D eigenvalue weighted by molar-refractivity contribution is 5.86. The van der Waals surface area contributed by atoms with E-state index < -0.39 is 11.5 Å². The Kier molecular flexibility index (Phi) is 6.95. The summed E-state index contributed by atoms with van der Waals surface area (Å²) in [5, 5.41) is 15.3. The highest BCUT2D eigenvalue weighted by atomic mass is 16.4. The van der Waals surface area contributed by atoms with Crippen LogP contribution in [0.2, 0.25) is 0 Å². The molecular weight excluding hydrogens is 270 g/mol. The molecule has 0 aromatic carbocycles. The maximum Gasteiger partial charge on any atom is 0.329 e. The van der Waals surface area contributed by atoms with Gasteiger partial charge in [-0.2, -0.15) is 0 Å². The van der Waals surface area contributed by atoms with E-state index in [1.807, 2.05) is 7.05 Å². The van der Waals surface area contributed by atoms with Crippen LogP contribution in [0.1, 0.15) is 45.4 Å². The van der Waals surface area contributed by atoms with E-state index in [0.29, 0.717) is 25.3 Å². The first-order valence-electron chi connectivity index (χ1n) is 7.86. The first kappa shape index (κ1) is 17.8. The number of carbonyl (C=O) groups is 2. The van der Waals surface area contributed by atoms with Crippen LogP contribution in [0.15, 0.2) is 0 Å². The van der Waals surface area contributed by atoms with Crippen molar-refractivity contribution < 1.29 is 14.7 Å². The number of nitrogens with zero attached hydrogens (tertiary/aromatic N) is 1. The molecule has 0 aromatic rings. The van der Waals surface area contributed by atoms with Crippen LogP contribution in [-0.2, 0) is 4.79 Å². The van der Waals surface area contributed by atoms with Crippen molar-refractivity contribution in [3.63, 3.8) is 0 Å². The van der Waals surface area contributed by atoms with Crippen molar-refractivity contribution in [2.75, 3.05) is 27.2 Å². The summed E-state index contributed by atoms with van der Waals surface area (Å²) < 4.78 is 0. The number of nitrogens with one attached hydrogen (secondary N) is 2. The lowest BCUT2D eigenvalue weighted by Crippen LogP contribution is -2.59. The summed E-state index contributed by atoms with van der Waals surface area (Å²) in [4.78, 5) is 25.4. The minimum atomic E-state index is -1.08. The Labute approximate surface area is 127 Å². The maximum atomic E-state index is 12.2. The Balaban J connectivity index is 2.58. The second-order valence-corrected chi connectivity index (χ2v) is 6.05. The molecule has 122 valence electrons. The highest BCUT2D eigenvalue weighted by Gasteiger charge is 2.43. The number of carboxylic acids is 1. The highest BCUT2D eigenvalue weighted by Crippen LogP contribution is 2.34. The zero-order valence-corrected chi connectivity index (χ0v) is 13.4. The monoisotopic (exact) mass is 299 g/mol. The molecule has 1 saturated carbocycles. The summed E-state index contributed by atoms with van der Waals surface area (Å²) in [6, 6.07) is -0.288. The van der Waals surface area contributed by atoms with Gasteiger partial charge in [-0.25, -0.2) is 9.59 Å². The van der Waals surface area contributed by atoms with Gasteiger partial charge in [-0.3, -0.25) is 0 Å². The molecule has 6 heteroatoms. The minimum absolute atomic E-state index is 0.288. The summed E-state index contributed by atoms with van der Waals surface area (Å²) in [6.45, 7) is 3.58. The zero-order chi connectivity index (χ0) is 15.9. The van der Waals surface area contributed by atoms with Crippen LogP contribution in [0.4, 0.5) is 4.79 Å². The normalized spacial score (nSPS) is 25.4. The van der Waals surface area contributed by atoms with E-state index in [4.69, 9.17) is 0 Å². The van der Waals surface area contributed by atoms with Gasteiger partial charge in [0.2, 0.25) is 0 Å². The molecule has 1 aliphatic carbocycles. The molecule has 2 amide bonds. The molecule has 3 N–H and O–H groups in total. The molecule has 6 nitrogen and oxygen atoms in total. The van der Waals surface area contributed by atoms with E-state index in [0.717, 1.165) is 32.2 Å². The van der Waals surface area contributed by atoms with Crippen LogP contribution in [0, 0.1) is 5.92 Å². The van der Waals surface area contributed by atoms with Crippen molar-refractivity contribution in [1.29, 1.82) is 0 Å². The topological polar surface area (TPSA) is 81.7 Å². The SMILES string of the molecule is CCC1CCC(NC(=O)N(C)CCCNC)(C(=O)O)CC1. The number of hydrogen-bond acceptors (Lipinski definition) is 3. The average molecular weight is 299 g/mol. The summed E-state index contributed by atoms with van der Waals surface area (Å²) in [5.41, 5.74) is -1.08. The smallest absolute Gasteiger partial charge is 0.329 e. The largest absolute Gasteiger partial charge is 0.480 e. The van der Waals surface area contributed by atoms with E-state index in [1.54, 1.807) is 11.9 Å².